The lowest BCUT2D eigenvalue weighted by atomic mass is 10.0. The zero-order chi connectivity index (χ0) is 29.9. The Kier molecular flexibility index (Phi) is 11.2. The minimum absolute atomic E-state index is 0.0412. The van der Waals surface area contributed by atoms with E-state index >= 15 is 0 Å². The molecule has 43 heavy (non-hydrogen) atoms. The first-order valence-electron chi connectivity index (χ1n) is 15.5. The van der Waals surface area contributed by atoms with Gasteiger partial charge in [0.25, 0.3) is 0 Å². The molecule has 1 aliphatic rings. The molecule has 4 aromatic rings. The van der Waals surface area contributed by atoms with Crippen molar-refractivity contribution in [3.8, 4) is 16.9 Å². The van der Waals surface area contributed by atoms with Crippen LogP contribution >= 0.6 is 11.3 Å². The molecule has 9 heteroatoms. The average molecular weight is 603 g/mol. The lowest BCUT2D eigenvalue weighted by molar-refractivity contribution is 0.0585. The second-order valence-corrected chi connectivity index (χ2v) is 12.2. The van der Waals surface area contributed by atoms with Crippen LogP contribution in [-0.4, -0.2) is 59.9 Å². The van der Waals surface area contributed by atoms with E-state index in [-0.39, 0.29) is 22.8 Å². The molecular formula is C34H42N4O4S. The van der Waals surface area contributed by atoms with Gasteiger partial charge in [-0.3, -0.25) is 10.1 Å². The predicted molar refractivity (Wildman–Crippen MR) is 175 cm³/mol. The first-order chi connectivity index (χ1) is 21.1. The molecular weight excluding hydrogens is 560 g/mol. The van der Waals surface area contributed by atoms with Crippen LogP contribution in [0.15, 0.2) is 71.5 Å². The number of benzene rings is 3. The summed E-state index contributed by atoms with van der Waals surface area (Å²) < 4.78 is 6.63. The fourth-order valence-electron chi connectivity index (χ4n) is 5.74. The van der Waals surface area contributed by atoms with Crippen LogP contribution in [0.5, 0.6) is 5.75 Å². The largest absolute Gasteiger partial charge is 0.506 e. The number of H-pyrrole nitrogens is 1. The number of carbonyl (C=O) groups excluding carboxylic acids is 1. The van der Waals surface area contributed by atoms with Crippen LogP contribution in [0.3, 0.4) is 0 Å². The molecule has 1 saturated heterocycles. The second-order valence-electron chi connectivity index (χ2n) is 11.2. The summed E-state index contributed by atoms with van der Waals surface area (Å²) in [5.74, 6) is 0.130. The Morgan fingerprint density at radius 1 is 0.930 bits per heavy atom. The van der Waals surface area contributed by atoms with Crippen molar-refractivity contribution in [2.75, 3.05) is 38.0 Å². The summed E-state index contributed by atoms with van der Waals surface area (Å²) >= 11 is 1.16. The number of nitrogens with one attached hydrogen (secondary N) is 3. The van der Waals surface area contributed by atoms with Gasteiger partial charge in [-0.25, -0.2) is 4.79 Å². The topological polar surface area (TPSA) is 107 Å². The van der Waals surface area contributed by atoms with Gasteiger partial charge in [-0.1, -0.05) is 85.2 Å². The van der Waals surface area contributed by atoms with E-state index in [1.165, 1.54) is 25.7 Å². The normalized spacial score (nSPS) is 14.2. The lowest BCUT2D eigenvalue weighted by Gasteiger charge is -2.31. The molecule has 1 aliphatic heterocycles. The van der Waals surface area contributed by atoms with E-state index in [2.05, 4.69) is 20.5 Å². The molecule has 8 nitrogen and oxygen atoms in total. The summed E-state index contributed by atoms with van der Waals surface area (Å²) in [5, 5.41) is 16.4. The third-order valence-electron chi connectivity index (χ3n) is 8.09. The first-order valence-corrected chi connectivity index (χ1v) is 16.3. The molecule has 0 aliphatic carbocycles. The van der Waals surface area contributed by atoms with Crippen LogP contribution in [0.2, 0.25) is 0 Å². The van der Waals surface area contributed by atoms with Crippen molar-refractivity contribution in [3.63, 3.8) is 0 Å². The van der Waals surface area contributed by atoms with E-state index in [0.717, 1.165) is 96.8 Å². The Hall–Kier alpha value is -3.66. The van der Waals surface area contributed by atoms with Gasteiger partial charge in [0.2, 0.25) is 0 Å². The number of anilines is 1. The van der Waals surface area contributed by atoms with Crippen molar-refractivity contribution in [1.29, 1.82) is 0 Å². The van der Waals surface area contributed by atoms with E-state index in [9.17, 15) is 14.7 Å². The number of unbranched alkanes of at least 4 members (excludes halogenated alkanes) is 4. The van der Waals surface area contributed by atoms with Gasteiger partial charge in [-0.15, -0.1) is 0 Å². The van der Waals surface area contributed by atoms with Crippen molar-refractivity contribution in [3.05, 3.63) is 82.0 Å². The number of fused-ring (bicyclic) bond motifs is 1. The highest BCUT2D eigenvalue weighted by Crippen LogP contribution is 2.29. The van der Waals surface area contributed by atoms with E-state index in [0.29, 0.717) is 5.52 Å². The van der Waals surface area contributed by atoms with Gasteiger partial charge in [0.1, 0.15) is 17.4 Å². The molecule has 0 radical (unpaired) electrons. The minimum Gasteiger partial charge on any atom is -0.506 e. The number of nitrogens with zero attached hydrogens (tertiary/aromatic N) is 1. The molecule has 1 fully saturated rings. The number of rotatable bonds is 14. The van der Waals surface area contributed by atoms with Gasteiger partial charge < -0.3 is 25.0 Å². The summed E-state index contributed by atoms with van der Waals surface area (Å²) in [4.78, 5) is 29.4. The smallest absolute Gasteiger partial charge is 0.411 e. The highest BCUT2D eigenvalue weighted by atomic mass is 32.1. The van der Waals surface area contributed by atoms with Crippen molar-refractivity contribution in [1.82, 2.24) is 15.2 Å². The Labute approximate surface area is 257 Å². The number of piperidine rings is 1. The molecule has 5 rings (SSSR count). The number of hydrogen-bond donors (Lipinski definition) is 4. The Morgan fingerprint density at radius 3 is 2.51 bits per heavy atom. The summed E-state index contributed by atoms with van der Waals surface area (Å²) in [6, 6.07) is 21.4. The summed E-state index contributed by atoms with van der Waals surface area (Å²) in [6.07, 6.45) is 8.20. The summed E-state index contributed by atoms with van der Waals surface area (Å²) in [6.45, 7) is 4.89. The fourth-order valence-corrected chi connectivity index (χ4v) is 6.63. The second kappa shape index (κ2) is 15.7. The number of ether oxygens (including phenoxy) is 1. The third kappa shape index (κ3) is 8.92. The maximum Gasteiger partial charge on any atom is 0.411 e. The van der Waals surface area contributed by atoms with Gasteiger partial charge in [0.05, 0.1) is 10.4 Å². The average Bonchev–Trinajstić information content (AvgIpc) is 3.43. The number of aromatic amines is 1. The Balaban J connectivity index is 0.894. The van der Waals surface area contributed by atoms with E-state index < -0.39 is 0 Å². The summed E-state index contributed by atoms with van der Waals surface area (Å²) in [5.41, 5.74) is 4.45. The van der Waals surface area contributed by atoms with Gasteiger partial charge in [0.15, 0.2) is 0 Å². The van der Waals surface area contributed by atoms with Gasteiger partial charge in [-0.2, -0.15) is 0 Å². The number of para-hydroxylation sites is 1. The molecule has 0 atom stereocenters. The number of phenolic OH excluding ortho intramolecular Hbond substituents is 1. The molecule has 0 unspecified atom stereocenters. The van der Waals surface area contributed by atoms with Gasteiger partial charge in [-0.05, 0) is 75.0 Å². The highest BCUT2D eigenvalue weighted by molar-refractivity contribution is 7.16. The number of likely N-dealkylation sites (tertiary alicyclic amines) is 1. The molecule has 1 aromatic heterocycles. The molecule has 0 spiro atoms. The zero-order valence-corrected chi connectivity index (χ0v) is 25.5. The van der Waals surface area contributed by atoms with Crippen molar-refractivity contribution >= 4 is 33.3 Å². The molecule has 228 valence electrons. The standard InChI is InChI=1S/C34H42N4O4S/c39-30-16-15-26(32-31(30)37-34(41)43-32)17-21-35-20-9-2-1-3-10-22-38-23-18-27(19-24-38)42-33(40)36-29-14-8-7-13-28(29)25-11-5-4-6-12-25/h4-8,11-16,27,35,39H,1-3,9-10,17-24H2,(H,36,40)(H,37,41). The number of carbonyl (C=O) groups is 1. The number of hydrogen-bond acceptors (Lipinski definition) is 7. The predicted octanol–water partition coefficient (Wildman–Crippen LogP) is 6.76. The number of phenols is 1. The van der Waals surface area contributed by atoms with Crippen LogP contribution in [0, 0.1) is 0 Å². The lowest BCUT2D eigenvalue weighted by Crippen LogP contribution is -2.38. The number of aromatic nitrogens is 1. The summed E-state index contributed by atoms with van der Waals surface area (Å²) in [7, 11) is 0. The van der Waals surface area contributed by atoms with Crippen LogP contribution in [-0.2, 0) is 11.2 Å². The van der Waals surface area contributed by atoms with Crippen LogP contribution in [0.4, 0.5) is 10.5 Å². The van der Waals surface area contributed by atoms with Crippen LogP contribution < -0.4 is 15.5 Å². The Morgan fingerprint density at radius 2 is 1.67 bits per heavy atom. The number of thiazole rings is 1. The minimum atomic E-state index is -0.382. The zero-order valence-electron chi connectivity index (χ0n) is 24.6. The number of amides is 1. The van der Waals surface area contributed by atoms with Crippen LogP contribution in [0.25, 0.3) is 21.3 Å². The molecule has 2 heterocycles. The molecule has 0 bridgehead atoms. The highest BCUT2D eigenvalue weighted by Gasteiger charge is 2.22. The fraction of sp³-hybridized carbons (Fsp3) is 0.412. The molecule has 1 amide bonds. The van der Waals surface area contributed by atoms with Gasteiger partial charge >= 0.3 is 11.0 Å². The van der Waals surface area contributed by atoms with Crippen molar-refractivity contribution in [2.45, 2.75) is 57.5 Å². The SMILES string of the molecule is O=C(Nc1ccccc1-c1ccccc1)OC1CCN(CCCCCCCNCCc2ccc(O)c3[nH]c(=O)sc23)CC1. The number of aromatic hydroxyl groups is 1. The molecule has 4 N–H and O–H groups in total. The van der Waals surface area contributed by atoms with Gasteiger partial charge in [0, 0.05) is 18.7 Å². The van der Waals surface area contributed by atoms with Crippen molar-refractivity contribution in [2.24, 2.45) is 0 Å². The Bertz CT molecular complexity index is 1510. The van der Waals surface area contributed by atoms with Crippen LogP contribution in [0.1, 0.15) is 50.5 Å². The van der Waals surface area contributed by atoms with E-state index in [1.54, 1.807) is 6.07 Å². The van der Waals surface area contributed by atoms with E-state index in [1.807, 2.05) is 60.7 Å². The monoisotopic (exact) mass is 602 g/mol. The maximum atomic E-state index is 12.7. The van der Waals surface area contributed by atoms with E-state index in [4.69, 9.17) is 4.74 Å². The third-order valence-corrected chi connectivity index (χ3v) is 9.05. The first kappa shape index (κ1) is 30.8. The maximum absolute atomic E-state index is 12.7. The molecule has 0 saturated carbocycles. The van der Waals surface area contributed by atoms with Crippen molar-refractivity contribution < 1.29 is 14.6 Å². The molecule has 3 aromatic carbocycles. The quantitative estimate of drug-likeness (QED) is 0.119.